The molecule has 1 aromatic heterocycles. The van der Waals surface area contributed by atoms with Crippen LogP contribution in [0.2, 0.25) is 0 Å². The normalized spacial score (nSPS) is 12.5. The van der Waals surface area contributed by atoms with Crippen molar-refractivity contribution in [2.24, 2.45) is 0 Å². The second-order valence-corrected chi connectivity index (χ2v) is 7.71. The molecule has 0 spiro atoms. The molecule has 3 aromatic rings. The van der Waals surface area contributed by atoms with Crippen molar-refractivity contribution in [1.29, 1.82) is 0 Å². The molecule has 1 N–H and O–H groups in total. The summed E-state index contributed by atoms with van der Waals surface area (Å²) in [5.41, 5.74) is 1.63. The Labute approximate surface area is 157 Å². The van der Waals surface area contributed by atoms with Gasteiger partial charge < -0.3 is 9.15 Å². The van der Waals surface area contributed by atoms with E-state index in [0.29, 0.717) is 5.56 Å². The summed E-state index contributed by atoms with van der Waals surface area (Å²) in [5.74, 6) is -0.610. The zero-order valence-electron chi connectivity index (χ0n) is 14.7. The van der Waals surface area contributed by atoms with Gasteiger partial charge in [0, 0.05) is 0 Å². The first kappa shape index (κ1) is 18.9. The molecule has 0 aliphatic rings. The molecule has 0 radical (unpaired) electrons. The van der Waals surface area contributed by atoms with E-state index in [0.717, 1.165) is 5.56 Å². The number of carbonyl (C=O) groups excluding carboxylic acids is 1. The molecule has 0 bridgehead atoms. The van der Waals surface area contributed by atoms with Crippen molar-refractivity contribution in [2.75, 3.05) is 6.54 Å². The van der Waals surface area contributed by atoms with E-state index in [1.54, 1.807) is 42.5 Å². The number of benzene rings is 2. The molecule has 1 heterocycles. The molecule has 0 saturated carbocycles. The molecule has 0 saturated heterocycles. The summed E-state index contributed by atoms with van der Waals surface area (Å²) in [6.45, 7) is 1.77. The summed E-state index contributed by atoms with van der Waals surface area (Å²) < 4.78 is 38.1. The zero-order chi connectivity index (χ0) is 19.3. The van der Waals surface area contributed by atoms with E-state index < -0.39 is 22.1 Å². The highest BCUT2D eigenvalue weighted by Gasteiger charge is 2.23. The van der Waals surface area contributed by atoms with E-state index in [2.05, 4.69) is 4.72 Å². The standard InChI is InChI=1S/C20H19NO5S/c1-15-9-11-17(12-10-15)27(23,24)21-14-19(16-6-3-2-4-7-16)26-20(22)18-8-5-13-25-18/h2-13,19,21H,14H2,1H3. The van der Waals surface area contributed by atoms with E-state index in [1.165, 1.54) is 24.5 Å². The number of aryl methyl sites for hydroxylation is 1. The van der Waals surface area contributed by atoms with Crippen LogP contribution in [-0.4, -0.2) is 20.9 Å². The number of ether oxygens (including phenoxy) is 1. The molecule has 7 heteroatoms. The van der Waals surface area contributed by atoms with Gasteiger partial charge in [-0.1, -0.05) is 48.0 Å². The minimum absolute atomic E-state index is 0.0531. The number of hydrogen-bond acceptors (Lipinski definition) is 5. The molecule has 0 aliphatic carbocycles. The van der Waals surface area contributed by atoms with Crippen LogP contribution in [-0.2, 0) is 14.8 Å². The lowest BCUT2D eigenvalue weighted by Gasteiger charge is -2.18. The van der Waals surface area contributed by atoms with E-state index in [1.807, 2.05) is 13.0 Å². The predicted octanol–water partition coefficient (Wildman–Crippen LogP) is 3.46. The number of esters is 1. The molecule has 6 nitrogen and oxygen atoms in total. The van der Waals surface area contributed by atoms with Gasteiger partial charge in [-0.3, -0.25) is 0 Å². The topological polar surface area (TPSA) is 85.6 Å². The van der Waals surface area contributed by atoms with Gasteiger partial charge in [-0.15, -0.1) is 0 Å². The van der Waals surface area contributed by atoms with Gasteiger partial charge >= 0.3 is 5.97 Å². The lowest BCUT2D eigenvalue weighted by atomic mass is 10.1. The van der Waals surface area contributed by atoms with Crippen LogP contribution in [0.15, 0.2) is 82.3 Å². The molecular weight excluding hydrogens is 366 g/mol. The Morgan fingerprint density at radius 1 is 1.04 bits per heavy atom. The van der Waals surface area contributed by atoms with Crippen molar-refractivity contribution in [3.63, 3.8) is 0 Å². The number of hydrogen-bond donors (Lipinski definition) is 1. The smallest absolute Gasteiger partial charge is 0.374 e. The van der Waals surface area contributed by atoms with Crippen molar-refractivity contribution in [2.45, 2.75) is 17.9 Å². The monoisotopic (exact) mass is 385 g/mol. The first-order valence-electron chi connectivity index (χ1n) is 8.31. The summed E-state index contributed by atoms with van der Waals surface area (Å²) in [5, 5.41) is 0. The van der Waals surface area contributed by atoms with Crippen LogP contribution in [0.1, 0.15) is 27.8 Å². The quantitative estimate of drug-likeness (QED) is 0.630. The van der Waals surface area contributed by atoms with Gasteiger partial charge in [0.15, 0.2) is 0 Å². The maximum absolute atomic E-state index is 12.5. The highest BCUT2D eigenvalue weighted by Crippen LogP contribution is 2.20. The number of rotatable bonds is 7. The number of carbonyl (C=O) groups is 1. The highest BCUT2D eigenvalue weighted by molar-refractivity contribution is 7.89. The van der Waals surface area contributed by atoms with Gasteiger partial charge in [-0.05, 0) is 36.8 Å². The van der Waals surface area contributed by atoms with Crippen molar-refractivity contribution in [3.05, 3.63) is 89.9 Å². The van der Waals surface area contributed by atoms with Crippen LogP contribution in [0.5, 0.6) is 0 Å². The maximum Gasteiger partial charge on any atom is 0.374 e. The summed E-state index contributed by atoms with van der Waals surface area (Å²) in [6, 6.07) is 18.5. The third kappa shape index (κ3) is 4.84. The Hall–Kier alpha value is -2.90. The molecule has 1 unspecified atom stereocenters. The Morgan fingerprint density at radius 2 is 1.74 bits per heavy atom. The molecule has 140 valence electrons. The lowest BCUT2D eigenvalue weighted by Crippen LogP contribution is -2.30. The van der Waals surface area contributed by atoms with Crippen molar-refractivity contribution < 1.29 is 22.4 Å². The number of sulfonamides is 1. The van der Waals surface area contributed by atoms with E-state index in [-0.39, 0.29) is 17.2 Å². The Kier molecular flexibility index (Phi) is 5.73. The molecule has 27 heavy (non-hydrogen) atoms. The van der Waals surface area contributed by atoms with Crippen LogP contribution in [0.3, 0.4) is 0 Å². The predicted molar refractivity (Wildman–Crippen MR) is 99.7 cm³/mol. The van der Waals surface area contributed by atoms with Crippen LogP contribution < -0.4 is 4.72 Å². The molecule has 0 amide bonds. The highest BCUT2D eigenvalue weighted by atomic mass is 32.2. The molecule has 1 atom stereocenters. The van der Waals surface area contributed by atoms with Gasteiger partial charge in [-0.2, -0.15) is 0 Å². The van der Waals surface area contributed by atoms with Gasteiger partial charge in [0.2, 0.25) is 15.8 Å². The third-order valence-electron chi connectivity index (χ3n) is 3.93. The van der Waals surface area contributed by atoms with Crippen LogP contribution in [0, 0.1) is 6.92 Å². The first-order chi connectivity index (χ1) is 13.0. The number of furan rings is 1. The van der Waals surface area contributed by atoms with Crippen LogP contribution in [0.25, 0.3) is 0 Å². The fourth-order valence-electron chi connectivity index (χ4n) is 2.46. The van der Waals surface area contributed by atoms with Crippen molar-refractivity contribution in [1.82, 2.24) is 4.72 Å². The number of nitrogens with one attached hydrogen (secondary N) is 1. The average Bonchev–Trinajstić information content (AvgIpc) is 3.21. The molecule has 0 aliphatic heterocycles. The fourth-order valence-corrected chi connectivity index (χ4v) is 3.50. The molecule has 0 fully saturated rings. The van der Waals surface area contributed by atoms with Gasteiger partial charge in [0.25, 0.3) is 0 Å². The maximum atomic E-state index is 12.5. The largest absolute Gasteiger partial charge is 0.457 e. The summed E-state index contributed by atoms with van der Waals surface area (Å²) in [4.78, 5) is 12.4. The molecule has 3 rings (SSSR count). The SMILES string of the molecule is Cc1ccc(S(=O)(=O)NCC(OC(=O)c2ccco2)c2ccccc2)cc1. The summed E-state index contributed by atoms with van der Waals surface area (Å²) in [7, 11) is -3.73. The van der Waals surface area contributed by atoms with Crippen LogP contribution in [0.4, 0.5) is 0 Å². The third-order valence-corrected chi connectivity index (χ3v) is 5.37. The van der Waals surface area contributed by atoms with Crippen LogP contribution >= 0.6 is 0 Å². The van der Waals surface area contributed by atoms with Crippen molar-refractivity contribution >= 4 is 16.0 Å². The fraction of sp³-hybridized carbons (Fsp3) is 0.150. The lowest BCUT2D eigenvalue weighted by molar-refractivity contribution is 0.0272. The minimum atomic E-state index is -3.73. The Bertz CT molecular complexity index is 981. The minimum Gasteiger partial charge on any atom is -0.457 e. The summed E-state index contributed by atoms with van der Waals surface area (Å²) in [6.07, 6.45) is 0.567. The first-order valence-corrected chi connectivity index (χ1v) is 9.80. The van der Waals surface area contributed by atoms with E-state index in [4.69, 9.17) is 9.15 Å². The van der Waals surface area contributed by atoms with E-state index >= 15 is 0 Å². The average molecular weight is 385 g/mol. The van der Waals surface area contributed by atoms with Gasteiger partial charge in [0.05, 0.1) is 17.7 Å². The zero-order valence-corrected chi connectivity index (χ0v) is 15.5. The van der Waals surface area contributed by atoms with E-state index in [9.17, 15) is 13.2 Å². The Balaban J connectivity index is 1.77. The molecule has 2 aromatic carbocycles. The van der Waals surface area contributed by atoms with Gasteiger partial charge in [0.1, 0.15) is 6.10 Å². The van der Waals surface area contributed by atoms with Gasteiger partial charge in [-0.25, -0.2) is 17.9 Å². The second kappa shape index (κ2) is 8.20. The Morgan fingerprint density at radius 3 is 2.37 bits per heavy atom. The summed E-state index contributed by atoms with van der Waals surface area (Å²) >= 11 is 0. The van der Waals surface area contributed by atoms with Crippen molar-refractivity contribution in [3.8, 4) is 0 Å². The second-order valence-electron chi connectivity index (χ2n) is 5.95. The molecular formula is C20H19NO5S.